The fourth-order valence-corrected chi connectivity index (χ4v) is 3.39. The van der Waals surface area contributed by atoms with Gasteiger partial charge >= 0.3 is 0 Å². The minimum Gasteiger partial charge on any atom is -0.364 e. The second kappa shape index (κ2) is 6.76. The Morgan fingerprint density at radius 3 is 2.26 bits per heavy atom. The highest BCUT2D eigenvalue weighted by Gasteiger charge is 2.15. The number of anilines is 2. The minimum absolute atomic E-state index is 0.836. The zero-order chi connectivity index (χ0) is 19.0. The van der Waals surface area contributed by atoms with Crippen molar-refractivity contribution in [2.24, 2.45) is 0 Å². The lowest BCUT2D eigenvalue weighted by molar-refractivity contribution is 0.393. The van der Waals surface area contributed by atoms with Crippen LogP contribution in [0.5, 0.6) is 0 Å². The highest BCUT2D eigenvalue weighted by molar-refractivity contribution is 5.76. The fraction of sp³-hybridized carbons (Fsp3) is 0.182. The monoisotopic (exact) mass is 359 g/mol. The van der Waals surface area contributed by atoms with Crippen molar-refractivity contribution in [3.05, 3.63) is 71.9 Å². The van der Waals surface area contributed by atoms with E-state index in [1.807, 2.05) is 13.8 Å². The van der Waals surface area contributed by atoms with E-state index in [4.69, 9.17) is 9.05 Å². The lowest BCUT2D eigenvalue weighted by Crippen LogP contribution is -2.11. The van der Waals surface area contributed by atoms with Crippen LogP contribution in [0, 0.1) is 20.8 Å². The molecule has 0 saturated carbocycles. The van der Waals surface area contributed by atoms with Crippen LogP contribution in [0.1, 0.15) is 17.0 Å². The van der Waals surface area contributed by atoms with Crippen LogP contribution >= 0.6 is 0 Å². The average molecular weight is 359 g/mol. The second-order valence-corrected chi connectivity index (χ2v) is 6.72. The van der Waals surface area contributed by atoms with Gasteiger partial charge in [-0.05, 0) is 55.7 Å². The number of hydrogen-bond acceptors (Lipinski definition) is 5. The van der Waals surface area contributed by atoms with E-state index in [2.05, 4.69) is 71.6 Å². The van der Waals surface area contributed by atoms with Crippen molar-refractivity contribution < 1.29 is 9.05 Å². The number of hydrogen-bond donors (Lipinski definition) is 0. The standard InChI is InChI=1S/C22H21N3O2/c1-14-5-6-18(22-15(2)24-27-16(22)3)11-21(14)25(4)20-9-7-17(8-10-20)19-12-23-26-13-19/h5-13H,1-4H3. The zero-order valence-electron chi connectivity index (χ0n) is 15.9. The Kier molecular flexibility index (Phi) is 4.28. The first-order valence-electron chi connectivity index (χ1n) is 8.82. The Bertz CT molecular complexity index is 1040. The van der Waals surface area contributed by atoms with Gasteiger partial charge in [0.15, 0.2) is 0 Å². The average Bonchev–Trinajstić information content (AvgIpc) is 3.32. The summed E-state index contributed by atoms with van der Waals surface area (Å²) >= 11 is 0. The Balaban J connectivity index is 1.69. The highest BCUT2D eigenvalue weighted by Crippen LogP contribution is 2.34. The maximum Gasteiger partial charge on any atom is 0.141 e. The summed E-state index contributed by atoms with van der Waals surface area (Å²) in [6, 6.07) is 14.8. The van der Waals surface area contributed by atoms with Crippen LogP contribution in [-0.4, -0.2) is 17.4 Å². The van der Waals surface area contributed by atoms with Gasteiger partial charge in [0.25, 0.3) is 0 Å². The maximum atomic E-state index is 5.34. The molecule has 0 atom stereocenters. The van der Waals surface area contributed by atoms with Crippen molar-refractivity contribution in [2.45, 2.75) is 20.8 Å². The van der Waals surface area contributed by atoms with Gasteiger partial charge in [0, 0.05) is 29.5 Å². The van der Waals surface area contributed by atoms with E-state index < -0.39 is 0 Å². The molecule has 0 radical (unpaired) electrons. The van der Waals surface area contributed by atoms with Crippen LogP contribution in [0.15, 0.2) is 64.0 Å². The zero-order valence-corrected chi connectivity index (χ0v) is 15.9. The predicted molar refractivity (Wildman–Crippen MR) is 106 cm³/mol. The molecule has 0 unspecified atom stereocenters. The van der Waals surface area contributed by atoms with Crippen LogP contribution in [0.25, 0.3) is 22.3 Å². The third kappa shape index (κ3) is 3.12. The van der Waals surface area contributed by atoms with Crippen molar-refractivity contribution in [1.82, 2.24) is 10.3 Å². The van der Waals surface area contributed by atoms with E-state index >= 15 is 0 Å². The summed E-state index contributed by atoms with van der Waals surface area (Å²) in [5, 5.41) is 7.85. The summed E-state index contributed by atoms with van der Waals surface area (Å²) in [6.45, 7) is 6.04. The van der Waals surface area contributed by atoms with Crippen molar-refractivity contribution in [1.29, 1.82) is 0 Å². The highest BCUT2D eigenvalue weighted by atomic mass is 16.5. The molecule has 27 heavy (non-hydrogen) atoms. The molecule has 0 saturated heterocycles. The second-order valence-electron chi connectivity index (χ2n) is 6.72. The number of rotatable bonds is 4. The molecule has 2 aromatic heterocycles. The number of aromatic nitrogens is 2. The maximum absolute atomic E-state index is 5.34. The topological polar surface area (TPSA) is 55.3 Å². The molecule has 136 valence electrons. The fourth-order valence-electron chi connectivity index (χ4n) is 3.39. The van der Waals surface area contributed by atoms with Crippen LogP contribution < -0.4 is 4.90 Å². The molecule has 0 bridgehead atoms. The first kappa shape index (κ1) is 17.1. The third-order valence-corrected chi connectivity index (χ3v) is 4.91. The molecule has 4 aromatic rings. The van der Waals surface area contributed by atoms with Crippen LogP contribution in [-0.2, 0) is 0 Å². The normalized spacial score (nSPS) is 11.0. The Hall–Kier alpha value is -3.34. The molecule has 0 aliphatic carbocycles. The molecule has 0 N–H and O–H groups in total. The quantitative estimate of drug-likeness (QED) is 0.468. The largest absolute Gasteiger partial charge is 0.364 e. The lowest BCUT2D eigenvalue weighted by Gasteiger charge is -2.23. The third-order valence-electron chi connectivity index (χ3n) is 4.91. The van der Waals surface area contributed by atoms with Gasteiger partial charge in [-0.2, -0.15) is 0 Å². The van der Waals surface area contributed by atoms with Gasteiger partial charge in [-0.25, -0.2) is 0 Å². The molecule has 0 fully saturated rings. The summed E-state index contributed by atoms with van der Waals surface area (Å²) in [5.41, 5.74) is 8.58. The van der Waals surface area contributed by atoms with E-state index in [0.717, 1.165) is 45.1 Å². The molecule has 4 rings (SSSR count). The first-order chi connectivity index (χ1) is 13.0. The van der Waals surface area contributed by atoms with Crippen LogP contribution in [0.2, 0.25) is 0 Å². The van der Waals surface area contributed by atoms with E-state index in [1.54, 1.807) is 12.5 Å². The van der Waals surface area contributed by atoms with E-state index in [0.29, 0.717) is 0 Å². The molecule has 2 heterocycles. The van der Waals surface area contributed by atoms with Gasteiger partial charge in [0.05, 0.1) is 11.9 Å². The van der Waals surface area contributed by atoms with Gasteiger partial charge in [0.2, 0.25) is 0 Å². The summed E-state index contributed by atoms with van der Waals surface area (Å²) in [6.07, 6.45) is 3.37. The number of benzene rings is 2. The summed E-state index contributed by atoms with van der Waals surface area (Å²) in [5.74, 6) is 0.836. The summed E-state index contributed by atoms with van der Waals surface area (Å²) in [7, 11) is 2.08. The Labute approximate surface area is 158 Å². The molecule has 0 aliphatic heterocycles. The summed E-state index contributed by atoms with van der Waals surface area (Å²) in [4.78, 5) is 2.19. The number of nitrogens with zero attached hydrogens (tertiary/aromatic N) is 3. The lowest BCUT2D eigenvalue weighted by atomic mass is 10.0. The van der Waals surface area contributed by atoms with Crippen molar-refractivity contribution in [3.8, 4) is 22.3 Å². The van der Waals surface area contributed by atoms with Gasteiger partial charge in [-0.3, -0.25) is 0 Å². The molecular weight excluding hydrogens is 338 g/mol. The predicted octanol–water partition coefficient (Wildman–Crippen LogP) is 5.69. The molecule has 0 aliphatic rings. The molecule has 2 aromatic carbocycles. The van der Waals surface area contributed by atoms with Crippen LogP contribution in [0.4, 0.5) is 11.4 Å². The van der Waals surface area contributed by atoms with Gasteiger partial charge < -0.3 is 13.9 Å². The smallest absolute Gasteiger partial charge is 0.141 e. The van der Waals surface area contributed by atoms with E-state index in [1.165, 1.54) is 5.56 Å². The van der Waals surface area contributed by atoms with Crippen molar-refractivity contribution in [2.75, 3.05) is 11.9 Å². The van der Waals surface area contributed by atoms with Gasteiger partial charge in [-0.1, -0.05) is 34.6 Å². The van der Waals surface area contributed by atoms with Crippen molar-refractivity contribution >= 4 is 11.4 Å². The van der Waals surface area contributed by atoms with E-state index in [9.17, 15) is 0 Å². The Morgan fingerprint density at radius 1 is 0.889 bits per heavy atom. The molecule has 0 spiro atoms. The molecule has 5 heteroatoms. The number of aryl methyl sites for hydroxylation is 3. The van der Waals surface area contributed by atoms with Crippen LogP contribution in [0.3, 0.4) is 0 Å². The SMILES string of the molecule is Cc1ccc(-c2c(C)noc2C)cc1N(C)c1ccc(-c2cnoc2)cc1. The minimum atomic E-state index is 0.836. The molecule has 5 nitrogen and oxygen atoms in total. The van der Waals surface area contributed by atoms with Crippen molar-refractivity contribution in [3.63, 3.8) is 0 Å². The van der Waals surface area contributed by atoms with Gasteiger partial charge in [0.1, 0.15) is 12.0 Å². The van der Waals surface area contributed by atoms with Gasteiger partial charge in [-0.15, -0.1) is 0 Å². The molecular formula is C22H21N3O2. The first-order valence-corrected chi connectivity index (χ1v) is 8.82. The molecule has 0 amide bonds. The van der Waals surface area contributed by atoms with E-state index in [-0.39, 0.29) is 0 Å². The Morgan fingerprint density at radius 2 is 1.63 bits per heavy atom. The summed E-state index contributed by atoms with van der Waals surface area (Å²) < 4.78 is 10.3.